The molecule has 1 atom stereocenters. The highest BCUT2D eigenvalue weighted by atomic mass is 19.1. The molecule has 2 nitrogen and oxygen atoms in total. The summed E-state index contributed by atoms with van der Waals surface area (Å²) in [6.45, 7) is 7.97. The first-order valence-corrected chi connectivity index (χ1v) is 8.74. The van der Waals surface area contributed by atoms with Gasteiger partial charge in [-0.05, 0) is 60.9 Å². The zero-order chi connectivity index (χ0) is 16.8. The van der Waals surface area contributed by atoms with E-state index in [4.69, 9.17) is 0 Å². The maximum Gasteiger partial charge on any atom is 0.227 e. The number of rotatable bonds is 5. The van der Waals surface area contributed by atoms with Gasteiger partial charge in [-0.25, -0.2) is 4.39 Å². The number of amides is 1. The van der Waals surface area contributed by atoms with Crippen molar-refractivity contribution in [1.29, 1.82) is 0 Å². The molecule has 0 aliphatic carbocycles. The fourth-order valence-electron chi connectivity index (χ4n) is 3.27. The van der Waals surface area contributed by atoms with E-state index in [2.05, 4.69) is 19.9 Å². The number of aryl methyl sites for hydroxylation is 1. The number of likely N-dealkylation sites (tertiary alicyclic amines) is 1. The number of benzene rings is 1. The van der Waals surface area contributed by atoms with Crippen molar-refractivity contribution in [1.82, 2.24) is 4.90 Å². The van der Waals surface area contributed by atoms with Gasteiger partial charge in [-0.3, -0.25) is 4.79 Å². The highest BCUT2D eigenvalue weighted by Crippen LogP contribution is 2.26. The summed E-state index contributed by atoms with van der Waals surface area (Å²) in [6.07, 6.45) is 6.84. The lowest BCUT2D eigenvalue weighted by Gasteiger charge is -2.31. The zero-order valence-electron chi connectivity index (χ0n) is 14.6. The number of unbranched alkanes of at least 4 members (excludes halogenated alkanes) is 1. The third kappa shape index (κ3) is 4.92. The molecule has 1 aromatic rings. The minimum Gasteiger partial charge on any atom is -0.342 e. The van der Waals surface area contributed by atoms with Crippen LogP contribution in [0.3, 0.4) is 0 Å². The Labute approximate surface area is 139 Å². The van der Waals surface area contributed by atoms with Crippen molar-refractivity contribution in [2.75, 3.05) is 13.1 Å². The summed E-state index contributed by atoms with van der Waals surface area (Å²) in [4.78, 5) is 14.7. The predicted molar refractivity (Wildman–Crippen MR) is 93.6 cm³/mol. The fraction of sp³-hybridized carbons (Fsp3) is 0.550. The molecule has 0 aromatic heterocycles. The topological polar surface area (TPSA) is 20.3 Å². The first kappa shape index (κ1) is 17.7. The number of hydrogen-bond acceptors (Lipinski definition) is 1. The van der Waals surface area contributed by atoms with Gasteiger partial charge in [0.2, 0.25) is 5.91 Å². The van der Waals surface area contributed by atoms with E-state index in [0.29, 0.717) is 12.3 Å². The molecule has 23 heavy (non-hydrogen) atoms. The van der Waals surface area contributed by atoms with Crippen LogP contribution in [0.1, 0.15) is 57.1 Å². The average Bonchev–Trinajstić information content (AvgIpc) is 2.51. The van der Waals surface area contributed by atoms with Crippen molar-refractivity contribution in [2.45, 2.75) is 52.9 Å². The molecule has 0 spiro atoms. The first-order chi connectivity index (χ1) is 11.0. The van der Waals surface area contributed by atoms with Crippen LogP contribution < -0.4 is 0 Å². The van der Waals surface area contributed by atoms with Gasteiger partial charge in [-0.1, -0.05) is 32.4 Å². The lowest BCUT2D eigenvalue weighted by Crippen LogP contribution is -2.39. The first-order valence-electron chi connectivity index (χ1n) is 8.74. The van der Waals surface area contributed by atoms with Crippen molar-refractivity contribution >= 4 is 11.5 Å². The number of halogens is 1. The monoisotopic (exact) mass is 317 g/mol. The van der Waals surface area contributed by atoms with Crippen molar-refractivity contribution < 1.29 is 9.18 Å². The third-order valence-electron chi connectivity index (χ3n) is 4.57. The Hall–Kier alpha value is -1.64. The number of nitrogens with zero attached hydrogens (tertiary/aromatic N) is 1. The van der Waals surface area contributed by atoms with Crippen LogP contribution in [0, 0.1) is 18.7 Å². The second-order valence-corrected chi connectivity index (χ2v) is 6.74. The van der Waals surface area contributed by atoms with E-state index in [1.165, 1.54) is 12.5 Å². The molecule has 1 amide bonds. The number of hydrogen-bond donors (Lipinski definition) is 0. The lowest BCUT2D eigenvalue weighted by molar-refractivity contribution is -0.131. The molecular formula is C20H28FNO. The molecular weight excluding hydrogens is 289 g/mol. The third-order valence-corrected chi connectivity index (χ3v) is 4.57. The molecule has 3 heteroatoms. The Balaban J connectivity index is 2.17. The fourth-order valence-corrected chi connectivity index (χ4v) is 3.27. The van der Waals surface area contributed by atoms with Gasteiger partial charge in [0, 0.05) is 13.1 Å². The van der Waals surface area contributed by atoms with Crippen LogP contribution in [0.25, 0.3) is 5.57 Å². The molecule has 1 fully saturated rings. The van der Waals surface area contributed by atoms with E-state index in [1.807, 2.05) is 11.8 Å². The van der Waals surface area contributed by atoms with Gasteiger partial charge in [0.15, 0.2) is 0 Å². The molecule has 0 bridgehead atoms. The van der Waals surface area contributed by atoms with Gasteiger partial charge < -0.3 is 4.90 Å². The Morgan fingerprint density at radius 3 is 2.87 bits per heavy atom. The zero-order valence-corrected chi connectivity index (χ0v) is 14.6. The van der Waals surface area contributed by atoms with E-state index >= 15 is 0 Å². The molecule has 126 valence electrons. The van der Waals surface area contributed by atoms with E-state index in [1.54, 1.807) is 12.1 Å². The largest absolute Gasteiger partial charge is 0.342 e. The molecule has 1 aromatic carbocycles. The minimum atomic E-state index is -0.225. The summed E-state index contributed by atoms with van der Waals surface area (Å²) in [5, 5.41) is 0. The second-order valence-electron chi connectivity index (χ2n) is 6.74. The van der Waals surface area contributed by atoms with E-state index in [9.17, 15) is 9.18 Å². The normalized spacial score (nSPS) is 19.0. The standard InChI is InChI=1S/C20H28FNO/c1-4-5-8-17(19-10-9-18(21)12-16(19)3)13-20(23)22-11-6-7-15(2)14-22/h8-10,12,15H,4-7,11,13-14H2,1-3H3/b17-8-/t15-/m1/s1. The number of carbonyl (C=O) groups excluding carboxylic acids is 1. The van der Waals surface area contributed by atoms with Crippen molar-refractivity contribution in [2.24, 2.45) is 5.92 Å². The Kier molecular flexibility index (Phi) is 6.37. The molecule has 1 saturated heterocycles. The van der Waals surface area contributed by atoms with Gasteiger partial charge in [0.1, 0.15) is 5.82 Å². The smallest absolute Gasteiger partial charge is 0.227 e. The number of allylic oxidation sites excluding steroid dienone is 1. The molecule has 0 unspecified atom stereocenters. The van der Waals surface area contributed by atoms with Gasteiger partial charge in [-0.15, -0.1) is 0 Å². The molecule has 1 aliphatic rings. The SMILES string of the molecule is CCC/C=C(/CC(=O)N1CCC[C@@H](C)C1)c1ccc(F)cc1C. The highest BCUT2D eigenvalue weighted by molar-refractivity contribution is 5.89. The molecule has 0 N–H and O–H groups in total. The van der Waals surface area contributed by atoms with Crippen LogP contribution in [0.4, 0.5) is 4.39 Å². The summed E-state index contributed by atoms with van der Waals surface area (Å²) in [5.74, 6) is 0.559. The summed E-state index contributed by atoms with van der Waals surface area (Å²) in [7, 11) is 0. The van der Waals surface area contributed by atoms with Crippen LogP contribution >= 0.6 is 0 Å². The van der Waals surface area contributed by atoms with Gasteiger partial charge >= 0.3 is 0 Å². The van der Waals surface area contributed by atoms with Gasteiger partial charge in [-0.2, -0.15) is 0 Å². The van der Waals surface area contributed by atoms with Crippen LogP contribution in [0.15, 0.2) is 24.3 Å². The van der Waals surface area contributed by atoms with E-state index < -0.39 is 0 Å². The summed E-state index contributed by atoms with van der Waals surface area (Å²) < 4.78 is 13.4. The minimum absolute atomic E-state index is 0.197. The highest BCUT2D eigenvalue weighted by Gasteiger charge is 2.22. The summed E-state index contributed by atoms with van der Waals surface area (Å²) >= 11 is 0. The molecule has 2 rings (SSSR count). The van der Waals surface area contributed by atoms with E-state index in [0.717, 1.165) is 49.1 Å². The van der Waals surface area contributed by atoms with Crippen LogP contribution in [-0.4, -0.2) is 23.9 Å². The molecule has 0 saturated carbocycles. The predicted octanol–water partition coefficient (Wildman–Crippen LogP) is 4.97. The van der Waals surface area contributed by atoms with Gasteiger partial charge in [0.25, 0.3) is 0 Å². The second kappa shape index (κ2) is 8.28. The molecule has 1 aliphatic heterocycles. The Morgan fingerprint density at radius 1 is 1.43 bits per heavy atom. The van der Waals surface area contributed by atoms with Crippen molar-refractivity contribution in [3.8, 4) is 0 Å². The Bertz CT molecular complexity index is 579. The summed E-state index contributed by atoms with van der Waals surface area (Å²) in [5.41, 5.74) is 2.93. The summed E-state index contributed by atoms with van der Waals surface area (Å²) in [6, 6.07) is 4.83. The Morgan fingerprint density at radius 2 is 2.22 bits per heavy atom. The van der Waals surface area contributed by atoms with Crippen molar-refractivity contribution in [3.63, 3.8) is 0 Å². The lowest BCUT2D eigenvalue weighted by atomic mass is 9.95. The quantitative estimate of drug-likeness (QED) is 0.751. The van der Waals surface area contributed by atoms with Crippen molar-refractivity contribution in [3.05, 3.63) is 41.2 Å². The maximum absolute atomic E-state index is 13.4. The maximum atomic E-state index is 13.4. The van der Waals surface area contributed by atoms with Crippen LogP contribution in [0.5, 0.6) is 0 Å². The van der Waals surface area contributed by atoms with Gasteiger partial charge in [0.05, 0.1) is 6.42 Å². The van der Waals surface area contributed by atoms with Crippen LogP contribution in [-0.2, 0) is 4.79 Å². The number of carbonyl (C=O) groups is 1. The van der Waals surface area contributed by atoms with Crippen LogP contribution in [0.2, 0.25) is 0 Å². The number of piperidine rings is 1. The van der Waals surface area contributed by atoms with E-state index in [-0.39, 0.29) is 11.7 Å². The molecule has 1 heterocycles. The average molecular weight is 317 g/mol. The molecule has 0 radical (unpaired) electrons.